The Kier molecular flexibility index (Phi) is 8.81. The predicted octanol–water partition coefficient (Wildman–Crippen LogP) is 3.91. The van der Waals surface area contributed by atoms with Crippen LogP contribution in [0.5, 0.6) is 11.5 Å². The van der Waals surface area contributed by atoms with Crippen molar-refractivity contribution < 1.29 is 29.1 Å². The molecule has 3 aliphatic carbocycles. The summed E-state index contributed by atoms with van der Waals surface area (Å²) in [6, 6.07) is 11.7. The highest BCUT2D eigenvalue weighted by Gasteiger charge is 2.58. The van der Waals surface area contributed by atoms with Crippen LogP contribution in [0.1, 0.15) is 74.5 Å². The normalized spacial score (nSPS) is 26.5. The molecule has 41 heavy (non-hydrogen) atoms. The number of hydrogen-bond acceptors (Lipinski definition) is 6. The molecule has 8 heteroatoms. The number of carbonyl (C=O) groups excluding carboxylic acids is 2. The lowest BCUT2D eigenvalue weighted by Gasteiger charge is -2.50. The molecule has 0 unspecified atom stereocenters. The van der Waals surface area contributed by atoms with Gasteiger partial charge in [0, 0.05) is 31.8 Å². The highest BCUT2D eigenvalue weighted by Crippen LogP contribution is 2.62. The first-order chi connectivity index (χ1) is 19.7. The molecule has 5 atom stereocenters. The maximum atomic E-state index is 13.3. The van der Waals surface area contributed by atoms with Crippen molar-refractivity contribution in [2.45, 2.75) is 70.6 Å². The molecule has 2 N–H and O–H groups in total. The van der Waals surface area contributed by atoms with Gasteiger partial charge in [-0.15, -0.1) is 0 Å². The number of amides is 1. The molecule has 2 aromatic rings. The van der Waals surface area contributed by atoms with E-state index in [4.69, 9.17) is 9.47 Å². The Morgan fingerprint density at radius 2 is 1.88 bits per heavy atom. The largest absolute Gasteiger partial charge is 0.493 e. The van der Waals surface area contributed by atoms with Crippen LogP contribution in [0.15, 0.2) is 36.4 Å². The van der Waals surface area contributed by atoms with Gasteiger partial charge in [-0.3, -0.25) is 9.59 Å². The first-order valence-electron chi connectivity index (χ1n) is 15.1. The standard InChI is InChI=1S/C33H44BNO6/c1-33-16-14-26-25-12-10-24(34(38)39)19-22(25)9-11-27(26)32(33)23(20-30(33)36)6-5-7-31(37)35(2)17-15-21-8-13-28(40-3)29(18-21)41-4/h8,10,12-13,18-19,23,26-27,32,38-39H,5-7,9,11,14-17,20H2,1-4H3/t23-,26+,27+,32-,33+/m0/s1. The number of benzene rings is 2. The van der Waals surface area contributed by atoms with E-state index in [1.54, 1.807) is 14.2 Å². The van der Waals surface area contributed by atoms with Gasteiger partial charge in [-0.2, -0.15) is 0 Å². The lowest BCUT2D eigenvalue weighted by atomic mass is 9.53. The fourth-order valence-electron chi connectivity index (χ4n) is 8.25. The summed E-state index contributed by atoms with van der Waals surface area (Å²) in [6.45, 7) is 2.83. The quantitative estimate of drug-likeness (QED) is 0.428. The molecule has 0 aliphatic heterocycles. The van der Waals surface area contributed by atoms with E-state index >= 15 is 0 Å². The summed E-state index contributed by atoms with van der Waals surface area (Å²) in [5, 5.41) is 19.3. The van der Waals surface area contributed by atoms with Crippen LogP contribution >= 0.6 is 0 Å². The third kappa shape index (κ3) is 5.78. The fraction of sp³-hybridized carbons (Fsp3) is 0.576. The number of nitrogens with zero attached hydrogens (tertiary/aromatic N) is 1. The number of ether oxygens (including phenoxy) is 2. The highest BCUT2D eigenvalue weighted by atomic mass is 16.5. The number of likely N-dealkylation sites (N-methyl/N-ethyl adjacent to an activating group) is 1. The number of ketones is 1. The fourth-order valence-corrected chi connectivity index (χ4v) is 8.25. The van der Waals surface area contributed by atoms with E-state index in [1.165, 1.54) is 11.1 Å². The highest BCUT2D eigenvalue weighted by molar-refractivity contribution is 6.58. The van der Waals surface area contributed by atoms with E-state index in [1.807, 2.05) is 42.3 Å². The van der Waals surface area contributed by atoms with Crippen molar-refractivity contribution in [3.63, 3.8) is 0 Å². The zero-order valence-corrected chi connectivity index (χ0v) is 24.9. The smallest absolute Gasteiger partial charge is 0.488 e. The van der Waals surface area contributed by atoms with Crippen molar-refractivity contribution in [1.82, 2.24) is 4.90 Å². The molecule has 7 nitrogen and oxygen atoms in total. The molecule has 0 saturated heterocycles. The Labute approximate surface area is 244 Å². The first-order valence-corrected chi connectivity index (χ1v) is 15.1. The van der Waals surface area contributed by atoms with E-state index in [0.717, 1.165) is 50.5 Å². The van der Waals surface area contributed by atoms with E-state index in [9.17, 15) is 19.6 Å². The summed E-state index contributed by atoms with van der Waals surface area (Å²) < 4.78 is 10.7. The van der Waals surface area contributed by atoms with Crippen LogP contribution in [0.2, 0.25) is 0 Å². The van der Waals surface area contributed by atoms with Crippen LogP contribution in [0, 0.1) is 23.2 Å². The average Bonchev–Trinajstić information content (AvgIpc) is 3.24. The summed E-state index contributed by atoms with van der Waals surface area (Å²) in [7, 11) is 3.66. The van der Waals surface area contributed by atoms with Gasteiger partial charge in [0.25, 0.3) is 0 Å². The minimum Gasteiger partial charge on any atom is -0.493 e. The molecule has 0 aromatic heterocycles. The molecule has 2 fully saturated rings. The zero-order valence-electron chi connectivity index (χ0n) is 24.9. The third-order valence-electron chi connectivity index (χ3n) is 10.5. The first kappa shape index (κ1) is 29.7. The van der Waals surface area contributed by atoms with Gasteiger partial charge in [0.2, 0.25) is 5.91 Å². The number of fused-ring (bicyclic) bond motifs is 5. The zero-order chi connectivity index (χ0) is 29.3. The number of rotatable bonds is 10. The predicted molar refractivity (Wildman–Crippen MR) is 160 cm³/mol. The summed E-state index contributed by atoms with van der Waals surface area (Å²) in [4.78, 5) is 28.1. The van der Waals surface area contributed by atoms with Crippen molar-refractivity contribution >= 4 is 24.3 Å². The SMILES string of the molecule is COc1ccc(CCN(C)C(=O)CCC[C@H]2CC(=O)[C@@]3(C)CC[C@@H]4c5ccc(B(O)O)cc5CC[C@H]4[C@H]23)cc1OC. The van der Waals surface area contributed by atoms with Gasteiger partial charge in [0.1, 0.15) is 5.78 Å². The second kappa shape index (κ2) is 12.2. The number of Topliss-reactive ketones (excluding diaryl/α,β-unsaturated/α-hetero) is 1. The molecule has 0 heterocycles. The van der Waals surface area contributed by atoms with Crippen LogP contribution in [0.4, 0.5) is 0 Å². The Bertz CT molecular complexity index is 1280. The lowest BCUT2D eigenvalue weighted by molar-refractivity contribution is -0.130. The Morgan fingerprint density at radius 3 is 2.61 bits per heavy atom. The molecule has 1 amide bonds. The minimum absolute atomic E-state index is 0.146. The second-order valence-corrected chi connectivity index (χ2v) is 12.7. The molecule has 0 spiro atoms. The molecular weight excluding hydrogens is 517 g/mol. The summed E-state index contributed by atoms with van der Waals surface area (Å²) in [5.41, 5.74) is 3.94. The van der Waals surface area contributed by atoms with Crippen molar-refractivity contribution in [2.75, 3.05) is 27.8 Å². The topological polar surface area (TPSA) is 96.3 Å². The van der Waals surface area contributed by atoms with Gasteiger partial charge in [-0.25, -0.2) is 0 Å². The van der Waals surface area contributed by atoms with Crippen LogP contribution < -0.4 is 14.9 Å². The molecular formula is C33H44BNO6. The molecule has 0 radical (unpaired) electrons. The lowest BCUT2D eigenvalue weighted by Crippen LogP contribution is -2.44. The Balaban J connectivity index is 1.18. The number of hydrogen-bond donors (Lipinski definition) is 2. The van der Waals surface area contributed by atoms with Gasteiger partial charge in [-0.1, -0.05) is 31.2 Å². The van der Waals surface area contributed by atoms with Gasteiger partial charge in [-0.05, 0) is 103 Å². The van der Waals surface area contributed by atoms with Crippen LogP contribution in [0.25, 0.3) is 0 Å². The Morgan fingerprint density at radius 1 is 1.10 bits per heavy atom. The van der Waals surface area contributed by atoms with Gasteiger partial charge in [0.15, 0.2) is 11.5 Å². The van der Waals surface area contributed by atoms with Gasteiger partial charge >= 0.3 is 7.12 Å². The molecule has 2 saturated carbocycles. The number of carbonyl (C=O) groups is 2. The minimum atomic E-state index is -1.45. The van der Waals surface area contributed by atoms with Crippen LogP contribution in [-0.2, 0) is 22.4 Å². The van der Waals surface area contributed by atoms with Crippen LogP contribution in [0.3, 0.4) is 0 Å². The molecule has 5 rings (SSSR count). The molecule has 2 aromatic carbocycles. The van der Waals surface area contributed by atoms with Crippen molar-refractivity contribution in [3.8, 4) is 11.5 Å². The summed E-state index contributed by atoms with van der Waals surface area (Å²) in [5.74, 6) is 3.49. The maximum absolute atomic E-state index is 13.3. The Hall–Kier alpha value is -2.84. The van der Waals surface area contributed by atoms with E-state index in [2.05, 4.69) is 13.0 Å². The van der Waals surface area contributed by atoms with Gasteiger partial charge < -0.3 is 24.4 Å². The molecule has 0 bridgehead atoms. The van der Waals surface area contributed by atoms with E-state index < -0.39 is 7.12 Å². The monoisotopic (exact) mass is 561 g/mol. The van der Waals surface area contributed by atoms with E-state index in [-0.39, 0.29) is 11.3 Å². The van der Waals surface area contributed by atoms with Gasteiger partial charge in [0.05, 0.1) is 14.2 Å². The number of methoxy groups -OCH3 is 2. The van der Waals surface area contributed by atoms with Crippen molar-refractivity contribution in [1.29, 1.82) is 0 Å². The molecule has 3 aliphatic rings. The summed E-state index contributed by atoms with van der Waals surface area (Å²) in [6.07, 6.45) is 7.45. The van der Waals surface area contributed by atoms with Crippen molar-refractivity contribution in [3.05, 3.63) is 53.1 Å². The maximum Gasteiger partial charge on any atom is 0.488 e. The molecule has 220 valence electrons. The van der Waals surface area contributed by atoms with Crippen molar-refractivity contribution in [2.24, 2.45) is 23.2 Å². The summed E-state index contributed by atoms with van der Waals surface area (Å²) >= 11 is 0. The van der Waals surface area contributed by atoms with E-state index in [0.29, 0.717) is 65.8 Å². The number of aryl methyl sites for hydroxylation is 1. The van der Waals surface area contributed by atoms with Crippen LogP contribution in [-0.4, -0.2) is 61.6 Å². The second-order valence-electron chi connectivity index (χ2n) is 12.7. The third-order valence-corrected chi connectivity index (χ3v) is 10.5. The average molecular weight is 562 g/mol.